The fourth-order valence-electron chi connectivity index (χ4n) is 8.31. The molecule has 1 unspecified atom stereocenters. The second-order valence-electron chi connectivity index (χ2n) is 12.3. The van der Waals surface area contributed by atoms with Crippen LogP contribution in [0.25, 0.3) is 0 Å². The first-order valence-corrected chi connectivity index (χ1v) is 13.4. The van der Waals surface area contributed by atoms with Crippen LogP contribution in [0.15, 0.2) is 23.8 Å². The van der Waals surface area contributed by atoms with Crippen LogP contribution in [0.1, 0.15) is 66.7 Å². The predicted octanol–water partition coefficient (Wildman–Crippen LogP) is 3.76. The summed E-state index contributed by atoms with van der Waals surface area (Å²) in [4.78, 5) is 26.0. The van der Waals surface area contributed by atoms with Gasteiger partial charge in [-0.1, -0.05) is 40.2 Å². The summed E-state index contributed by atoms with van der Waals surface area (Å²) in [6.07, 6.45) is 1.39. The molecule has 1 aliphatic heterocycles. The summed E-state index contributed by atoms with van der Waals surface area (Å²) in [5.74, 6) is -1.84. The summed E-state index contributed by atoms with van der Waals surface area (Å²) in [6.45, 7) is 9.47. The van der Waals surface area contributed by atoms with Crippen LogP contribution >= 0.6 is 0 Å². The summed E-state index contributed by atoms with van der Waals surface area (Å²) in [5, 5.41) is 14.8. The zero-order valence-electron chi connectivity index (χ0n) is 21.9. The van der Waals surface area contributed by atoms with Gasteiger partial charge >= 0.3 is 0 Å². The van der Waals surface area contributed by atoms with E-state index in [9.17, 15) is 14.7 Å². The first kappa shape index (κ1) is 26.1. The van der Waals surface area contributed by atoms with Crippen molar-refractivity contribution in [2.75, 3.05) is 6.54 Å². The second kappa shape index (κ2) is 8.52. The normalized spacial score (nSPS) is 49.4. The lowest BCUT2D eigenvalue weighted by Gasteiger charge is -2.63. The highest BCUT2D eigenvalue weighted by Gasteiger charge is 2.79. The van der Waals surface area contributed by atoms with Gasteiger partial charge in [-0.15, -0.1) is 0 Å². The number of carbonyl (C=O) groups is 2. The lowest BCUT2D eigenvalue weighted by atomic mass is 9.44. The Morgan fingerprint density at radius 2 is 2.00 bits per heavy atom. The Bertz CT molecular complexity index is 1010. The number of halogens is 2. The number of allylic oxidation sites excluding steroid dienone is 4. The quantitative estimate of drug-likeness (QED) is 0.570. The Morgan fingerprint density at radius 3 is 2.67 bits per heavy atom. The van der Waals surface area contributed by atoms with Crippen LogP contribution in [0.5, 0.6) is 0 Å². The van der Waals surface area contributed by atoms with Crippen molar-refractivity contribution in [3.8, 4) is 0 Å². The molecule has 4 fully saturated rings. The fourth-order valence-corrected chi connectivity index (χ4v) is 8.31. The number of ketones is 2. The minimum absolute atomic E-state index is 0.0155. The zero-order valence-corrected chi connectivity index (χ0v) is 21.9. The summed E-state index contributed by atoms with van der Waals surface area (Å²) in [7, 11) is 0. The third kappa shape index (κ3) is 3.20. The molecule has 10 atom stereocenters. The standard InChI is InChI=1S/C28H39F2NO5/c1-6-7-24-35-23-12-17-18-11-20(29)19-10-16(32)8-9-25(19,4)27(18,30)21(33)13-26(17,5)28(23,36-24)22(34)14-31-15(2)3/h8-10,15,17-18,20-21,23-24,31,33H,6-7,11-14H2,1-5H3/t17-,18-,20-,21-,23+,24?,25-,26-,27-,28+/m0/s1. The lowest BCUT2D eigenvalue weighted by Crippen LogP contribution is -2.71. The number of hydrogen-bond acceptors (Lipinski definition) is 6. The van der Waals surface area contributed by atoms with Crippen molar-refractivity contribution in [1.29, 1.82) is 0 Å². The Hall–Kier alpha value is -1.48. The van der Waals surface area contributed by atoms with E-state index in [-0.39, 0.29) is 42.6 Å². The van der Waals surface area contributed by atoms with Crippen molar-refractivity contribution in [1.82, 2.24) is 5.32 Å². The number of carbonyl (C=O) groups excluding carboxylic acids is 2. The molecule has 0 spiro atoms. The molecule has 1 heterocycles. The van der Waals surface area contributed by atoms with E-state index >= 15 is 8.78 Å². The molecule has 0 aromatic rings. The smallest absolute Gasteiger partial charge is 0.181 e. The lowest BCUT2D eigenvalue weighted by molar-refractivity contribution is -0.234. The Labute approximate surface area is 211 Å². The van der Waals surface area contributed by atoms with Gasteiger partial charge in [0.15, 0.2) is 29.1 Å². The molecule has 0 amide bonds. The third-order valence-electron chi connectivity index (χ3n) is 10.0. The van der Waals surface area contributed by atoms with Crippen LogP contribution in [-0.2, 0) is 19.1 Å². The monoisotopic (exact) mass is 507 g/mol. The van der Waals surface area contributed by atoms with Crippen LogP contribution in [0.4, 0.5) is 8.78 Å². The van der Waals surface area contributed by atoms with Gasteiger partial charge in [-0.05, 0) is 56.3 Å². The molecule has 0 bridgehead atoms. The van der Waals surface area contributed by atoms with Gasteiger partial charge in [0, 0.05) is 22.8 Å². The van der Waals surface area contributed by atoms with E-state index in [1.807, 2.05) is 27.7 Å². The first-order valence-electron chi connectivity index (χ1n) is 13.4. The van der Waals surface area contributed by atoms with Crippen molar-refractivity contribution < 1.29 is 33.0 Å². The molecule has 0 radical (unpaired) electrons. The number of aliphatic hydroxyl groups is 1. The number of Topliss-reactive ketones (excluding diaryl/α,β-unsaturated/α-hetero) is 1. The summed E-state index contributed by atoms with van der Waals surface area (Å²) in [6, 6.07) is 0.0783. The Morgan fingerprint density at radius 1 is 1.28 bits per heavy atom. The molecule has 2 N–H and O–H groups in total. The number of hydrogen-bond donors (Lipinski definition) is 2. The van der Waals surface area contributed by atoms with E-state index in [0.29, 0.717) is 12.8 Å². The van der Waals surface area contributed by atoms with Gasteiger partial charge in [-0.25, -0.2) is 8.78 Å². The summed E-state index contributed by atoms with van der Waals surface area (Å²) < 4.78 is 45.9. The van der Waals surface area contributed by atoms with E-state index in [1.165, 1.54) is 18.2 Å². The van der Waals surface area contributed by atoms with Gasteiger partial charge in [0.2, 0.25) is 0 Å². The highest BCUT2D eigenvalue weighted by molar-refractivity contribution is 6.01. The van der Waals surface area contributed by atoms with Gasteiger partial charge in [-0.2, -0.15) is 0 Å². The Balaban J connectivity index is 1.59. The maximum atomic E-state index is 17.4. The number of alkyl halides is 2. The molecule has 5 aliphatic rings. The molecule has 3 saturated carbocycles. The fraction of sp³-hybridized carbons (Fsp3) is 0.786. The van der Waals surface area contributed by atoms with Gasteiger partial charge < -0.3 is 19.9 Å². The van der Waals surface area contributed by atoms with Gasteiger partial charge in [0.25, 0.3) is 0 Å². The largest absolute Gasteiger partial charge is 0.390 e. The van der Waals surface area contributed by atoms with E-state index in [4.69, 9.17) is 9.47 Å². The van der Waals surface area contributed by atoms with Crippen molar-refractivity contribution in [2.45, 2.75) is 109 Å². The van der Waals surface area contributed by atoms with E-state index in [2.05, 4.69) is 5.32 Å². The topological polar surface area (TPSA) is 84.9 Å². The molecule has 0 aromatic carbocycles. The number of fused-ring (bicyclic) bond motifs is 7. The van der Waals surface area contributed by atoms with Crippen molar-refractivity contribution in [3.05, 3.63) is 23.8 Å². The van der Waals surface area contributed by atoms with Crippen molar-refractivity contribution >= 4 is 11.6 Å². The predicted molar refractivity (Wildman–Crippen MR) is 130 cm³/mol. The number of nitrogens with one attached hydrogen (secondary N) is 1. The van der Waals surface area contributed by atoms with Gasteiger partial charge in [0.05, 0.1) is 18.8 Å². The summed E-state index contributed by atoms with van der Waals surface area (Å²) >= 11 is 0. The molecule has 4 aliphatic carbocycles. The van der Waals surface area contributed by atoms with Crippen LogP contribution in [-0.4, -0.2) is 65.2 Å². The third-order valence-corrected chi connectivity index (χ3v) is 10.0. The first-order chi connectivity index (χ1) is 16.8. The van der Waals surface area contributed by atoms with E-state index in [0.717, 1.165) is 6.42 Å². The van der Waals surface area contributed by atoms with Crippen LogP contribution in [0, 0.1) is 22.7 Å². The molecule has 8 heteroatoms. The maximum Gasteiger partial charge on any atom is 0.181 e. The molecule has 200 valence electrons. The van der Waals surface area contributed by atoms with E-state index < -0.39 is 58.6 Å². The highest BCUT2D eigenvalue weighted by atomic mass is 19.1. The van der Waals surface area contributed by atoms with Crippen LogP contribution in [0.3, 0.4) is 0 Å². The number of rotatable bonds is 6. The molecule has 36 heavy (non-hydrogen) atoms. The number of aliphatic hydroxyl groups excluding tert-OH is 1. The van der Waals surface area contributed by atoms with Crippen molar-refractivity contribution in [2.24, 2.45) is 22.7 Å². The van der Waals surface area contributed by atoms with Crippen LogP contribution in [0.2, 0.25) is 0 Å². The Kier molecular flexibility index (Phi) is 6.18. The zero-order chi connectivity index (χ0) is 26.3. The van der Waals surface area contributed by atoms with E-state index in [1.54, 1.807) is 6.92 Å². The van der Waals surface area contributed by atoms with Gasteiger partial charge in [0.1, 0.15) is 6.17 Å². The van der Waals surface area contributed by atoms with Crippen LogP contribution < -0.4 is 5.32 Å². The van der Waals surface area contributed by atoms with Crippen molar-refractivity contribution in [3.63, 3.8) is 0 Å². The van der Waals surface area contributed by atoms with Gasteiger partial charge in [-0.3, -0.25) is 9.59 Å². The molecule has 6 nitrogen and oxygen atoms in total. The molecule has 1 saturated heterocycles. The minimum Gasteiger partial charge on any atom is -0.390 e. The average Bonchev–Trinajstić information content (AvgIpc) is 3.28. The maximum absolute atomic E-state index is 17.4. The second-order valence-corrected chi connectivity index (χ2v) is 12.3. The molecular formula is C28H39F2NO5. The highest BCUT2D eigenvalue weighted by Crippen LogP contribution is 2.72. The average molecular weight is 508 g/mol. The molecule has 0 aromatic heterocycles. The molecular weight excluding hydrogens is 468 g/mol. The SMILES string of the molecule is CCCC1O[C@@H]2C[C@H]3[C@@H]4C[C@H](F)C5=CC(=O)C=C[C@]5(C)[C@@]4(F)[C@@H](O)C[C@]3(C)[C@]2(C(=O)CNC(C)C)O1. The summed E-state index contributed by atoms with van der Waals surface area (Å²) in [5.41, 5.74) is -5.84. The minimum atomic E-state index is -2.19. The number of ether oxygens (including phenoxy) is 2. The molecule has 5 rings (SSSR count).